The van der Waals surface area contributed by atoms with Crippen LogP contribution in [0.2, 0.25) is 0 Å². The van der Waals surface area contributed by atoms with Gasteiger partial charge in [-0.3, -0.25) is 14.9 Å². The van der Waals surface area contributed by atoms with Gasteiger partial charge in [-0.15, -0.1) is 10.2 Å². The molecule has 0 bridgehead atoms. The Morgan fingerprint density at radius 3 is 2.72 bits per heavy atom. The molecule has 25 heavy (non-hydrogen) atoms. The molecule has 0 spiro atoms. The van der Waals surface area contributed by atoms with Crippen molar-refractivity contribution in [3.05, 3.63) is 35.4 Å². The lowest BCUT2D eigenvalue weighted by atomic mass is 10.1. The minimum atomic E-state index is -0.207. The first kappa shape index (κ1) is 17.9. The summed E-state index contributed by atoms with van der Waals surface area (Å²) >= 11 is 2.99. The maximum Gasteiger partial charge on any atom is 0.257 e. The molecular formula is C17H20N4O2S2. The van der Waals surface area contributed by atoms with Gasteiger partial charge in [-0.1, -0.05) is 49.1 Å². The fourth-order valence-corrected chi connectivity index (χ4v) is 4.50. The number of anilines is 1. The van der Waals surface area contributed by atoms with Crippen LogP contribution in [0.25, 0.3) is 0 Å². The van der Waals surface area contributed by atoms with Gasteiger partial charge >= 0.3 is 0 Å². The Kier molecular flexibility index (Phi) is 5.70. The highest BCUT2D eigenvalue weighted by atomic mass is 32.2. The van der Waals surface area contributed by atoms with Crippen LogP contribution in [0.1, 0.15) is 42.6 Å². The van der Waals surface area contributed by atoms with Crippen LogP contribution in [0.5, 0.6) is 0 Å². The van der Waals surface area contributed by atoms with E-state index in [1.165, 1.54) is 11.3 Å². The van der Waals surface area contributed by atoms with E-state index in [9.17, 15) is 9.59 Å². The molecule has 132 valence electrons. The van der Waals surface area contributed by atoms with Crippen LogP contribution in [0.3, 0.4) is 0 Å². The molecule has 6 nitrogen and oxygen atoms in total. The average Bonchev–Trinajstić information content (AvgIpc) is 3.17. The van der Waals surface area contributed by atoms with Crippen LogP contribution in [0.15, 0.2) is 28.6 Å². The Morgan fingerprint density at radius 1 is 1.32 bits per heavy atom. The van der Waals surface area contributed by atoms with E-state index >= 15 is 0 Å². The lowest BCUT2D eigenvalue weighted by Gasteiger charge is -2.15. The van der Waals surface area contributed by atoms with Crippen molar-refractivity contribution in [2.75, 3.05) is 11.9 Å². The summed E-state index contributed by atoms with van der Waals surface area (Å²) in [4.78, 5) is 25.8. The second-order valence-corrected chi connectivity index (χ2v) is 8.91. The van der Waals surface area contributed by atoms with E-state index in [4.69, 9.17) is 0 Å². The van der Waals surface area contributed by atoms with E-state index in [0.717, 1.165) is 22.9 Å². The largest absolute Gasteiger partial charge is 0.338 e. The summed E-state index contributed by atoms with van der Waals surface area (Å²) in [6.45, 7) is 5.59. The molecular weight excluding hydrogens is 356 g/mol. The number of amides is 2. The second-order valence-electron chi connectivity index (χ2n) is 6.11. The summed E-state index contributed by atoms with van der Waals surface area (Å²) in [6.07, 6.45) is 1.57. The number of benzene rings is 1. The number of hydrogen-bond acceptors (Lipinski definition) is 6. The Bertz CT molecular complexity index is 758. The molecule has 0 radical (unpaired) electrons. The van der Waals surface area contributed by atoms with E-state index in [1.54, 1.807) is 23.9 Å². The van der Waals surface area contributed by atoms with Crippen LogP contribution in [0.4, 0.5) is 5.13 Å². The highest BCUT2D eigenvalue weighted by molar-refractivity contribution is 8.01. The number of nitrogens with one attached hydrogen (secondary N) is 1. The predicted octanol–water partition coefficient (Wildman–Crippen LogP) is 3.41. The molecule has 1 aromatic heterocycles. The Labute approximate surface area is 155 Å². The van der Waals surface area contributed by atoms with Crippen LogP contribution in [-0.2, 0) is 11.3 Å². The Hall–Kier alpha value is -1.93. The summed E-state index contributed by atoms with van der Waals surface area (Å²) in [7, 11) is 0. The first-order valence-corrected chi connectivity index (χ1v) is 9.89. The normalized spacial score (nSPS) is 14.4. The number of thioether (sulfide) groups is 1. The molecule has 2 heterocycles. The first-order valence-electron chi connectivity index (χ1n) is 8.19. The third-order valence-electron chi connectivity index (χ3n) is 3.72. The SMILES string of the molecule is CC(C)Sc1nnc(NC(=O)c2ccc(CN3CCCC3=O)cc2)s1. The molecule has 0 unspecified atom stereocenters. The van der Waals surface area contributed by atoms with Crippen molar-refractivity contribution < 1.29 is 9.59 Å². The van der Waals surface area contributed by atoms with Crippen molar-refractivity contribution in [2.24, 2.45) is 0 Å². The lowest BCUT2D eigenvalue weighted by Crippen LogP contribution is -2.23. The number of likely N-dealkylation sites (tertiary alicyclic amines) is 1. The zero-order valence-electron chi connectivity index (χ0n) is 14.2. The summed E-state index contributed by atoms with van der Waals surface area (Å²) in [5.74, 6) is -0.00536. The molecule has 1 N–H and O–H groups in total. The van der Waals surface area contributed by atoms with Crippen molar-refractivity contribution in [2.45, 2.75) is 42.8 Å². The molecule has 8 heteroatoms. The molecule has 1 aliphatic heterocycles. The summed E-state index contributed by atoms with van der Waals surface area (Å²) in [5.41, 5.74) is 1.59. The maximum atomic E-state index is 12.3. The van der Waals surface area contributed by atoms with E-state index in [1.807, 2.05) is 17.0 Å². The van der Waals surface area contributed by atoms with Crippen molar-refractivity contribution in [3.63, 3.8) is 0 Å². The third kappa shape index (κ3) is 4.79. The van der Waals surface area contributed by atoms with Gasteiger partial charge in [-0.25, -0.2) is 0 Å². The molecule has 0 atom stereocenters. The smallest absolute Gasteiger partial charge is 0.257 e. The maximum absolute atomic E-state index is 12.3. The van der Waals surface area contributed by atoms with Gasteiger partial charge in [0.25, 0.3) is 5.91 Å². The van der Waals surface area contributed by atoms with Gasteiger partial charge in [-0.05, 0) is 24.1 Å². The summed E-state index contributed by atoms with van der Waals surface area (Å²) in [5, 5.41) is 11.8. The zero-order chi connectivity index (χ0) is 17.8. The van der Waals surface area contributed by atoms with Gasteiger partial charge in [0.15, 0.2) is 4.34 Å². The van der Waals surface area contributed by atoms with Gasteiger partial charge in [0, 0.05) is 30.3 Å². The molecule has 2 aromatic rings. The fourth-order valence-electron chi connectivity index (χ4n) is 2.53. The third-order valence-corrected chi connectivity index (χ3v) is 5.65. The monoisotopic (exact) mass is 376 g/mol. The lowest BCUT2D eigenvalue weighted by molar-refractivity contribution is -0.128. The van der Waals surface area contributed by atoms with Crippen molar-refractivity contribution in [1.82, 2.24) is 15.1 Å². The van der Waals surface area contributed by atoms with Crippen molar-refractivity contribution >= 4 is 40.0 Å². The molecule has 2 amide bonds. The van der Waals surface area contributed by atoms with E-state index in [2.05, 4.69) is 29.4 Å². The second kappa shape index (κ2) is 7.97. The Morgan fingerprint density at radius 2 is 2.08 bits per heavy atom. The molecule has 0 aliphatic carbocycles. The van der Waals surface area contributed by atoms with Crippen LogP contribution >= 0.6 is 23.1 Å². The van der Waals surface area contributed by atoms with Crippen molar-refractivity contribution in [3.8, 4) is 0 Å². The molecule has 1 saturated heterocycles. The van der Waals surface area contributed by atoms with Gasteiger partial charge in [-0.2, -0.15) is 0 Å². The molecule has 1 fully saturated rings. The average molecular weight is 377 g/mol. The predicted molar refractivity (Wildman–Crippen MR) is 99.9 cm³/mol. The number of aromatic nitrogens is 2. The number of carbonyl (C=O) groups is 2. The van der Waals surface area contributed by atoms with Gasteiger partial charge in [0.1, 0.15) is 0 Å². The number of rotatable bonds is 6. The van der Waals surface area contributed by atoms with E-state index in [-0.39, 0.29) is 11.8 Å². The van der Waals surface area contributed by atoms with Gasteiger partial charge < -0.3 is 4.90 Å². The minimum Gasteiger partial charge on any atom is -0.338 e. The van der Waals surface area contributed by atoms with Crippen LogP contribution in [-0.4, -0.2) is 38.7 Å². The molecule has 3 rings (SSSR count). The zero-order valence-corrected chi connectivity index (χ0v) is 15.8. The highest BCUT2D eigenvalue weighted by Crippen LogP contribution is 2.28. The van der Waals surface area contributed by atoms with E-state index in [0.29, 0.717) is 28.9 Å². The number of carbonyl (C=O) groups excluding carboxylic acids is 2. The summed E-state index contributed by atoms with van der Waals surface area (Å²) in [6, 6.07) is 7.33. The van der Waals surface area contributed by atoms with Crippen molar-refractivity contribution in [1.29, 1.82) is 0 Å². The highest BCUT2D eigenvalue weighted by Gasteiger charge is 2.20. The fraction of sp³-hybridized carbons (Fsp3) is 0.412. The minimum absolute atomic E-state index is 0.202. The van der Waals surface area contributed by atoms with Crippen LogP contribution in [0, 0.1) is 0 Å². The molecule has 1 aliphatic rings. The number of nitrogens with zero attached hydrogens (tertiary/aromatic N) is 3. The summed E-state index contributed by atoms with van der Waals surface area (Å²) < 4.78 is 0.843. The Balaban J connectivity index is 1.58. The standard InChI is InChI=1S/C17H20N4O2S2/c1-11(2)24-17-20-19-16(25-17)18-15(23)13-7-5-12(6-8-13)10-21-9-3-4-14(21)22/h5-8,11H,3-4,9-10H2,1-2H3,(H,18,19,23). The first-order chi connectivity index (χ1) is 12.0. The van der Waals surface area contributed by atoms with Gasteiger partial charge in [0.2, 0.25) is 11.0 Å². The van der Waals surface area contributed by atoms with E-state index < -0.39 is 0 Å². The molecule has 1 aromatic carbocycles. The molecule has 0 saturated carbocycles. The topological polar surface area (TPSA) is 75.2 Å². The number of hydrogen-bond donors (Lipinski definition) is 1. The van der Waals surface area contributed by atoms with Gasteiger partial charge in [0.05, 0.1) is 0 Å². The quantitative estimate of drug-likeness (QED) is 0.618. The van der Waals surface area contributed by atoms with Crippen LogP contribution < -0.4 is 5.32 Å².